The van der Waals surface area contributed by atoms with Crippen LogP contribution in [0.2, 0.25) is 0 Å². The monoisotopic (exact) mass is 374 g/mol. The number of quaternary nitrogens is 1. The molecule has 0 unspecified atom stereocenters. The zero-order valence-corrected chi connectivity index (χ0v) is 16.6. The van der Waals surface area contributed by atoms with Crippen molar-refractivity contribution in [3.05, 3.63) is 29.8 Å². The molecule has 0 aliphatic carbocycles. The zero-order valence-electron chi connectivity index (χ0n) is 16.6. The Balaban J connectivity index is 1.59. The molecule has 0 saturated carbocycles. The topological polar surface area (TPSA) is 63.1 Å². The normalized spacial score (nSPS) is 24.4. The number of carbonyl (C=O) groups is 2. The van der Waals surface area contributed by atoms with Gasteiger partial charge in [-0.05, 0) is 63.1 Å². The van der Waals surface area contributed by atoms with Crippen molar-refractivity contribution >= 4 is 11.9 Å². The van der Waals surface area contributed by atoms with E-state index < -0.39 is 5.54 Å². The molecule has 0 bridgehead atoms. The predicted molar refractivity (Wildman–Crippen MR) is 104 cm³/mol. The number of imide groups is 1. The van der Waals surface area contributed by atoms with Gasteiger partial charge in [0.05, 0.1) is 20.2 Å². The Morgan fingerprint density at radius 3 is 2.33 bits per heavy atom. The van der Waals surface area contributed by atoms with Crippen LogP contribution in [0.25, 0.3) is 0 Å². The van der Waals surface area contributed by atoms with Crippen LogP contribution < -0.4 is 15.0 Å². The highest BCUT2D eigenvalue weighted by atomic mass is 16.5. The van der Waals surface area contributed by atoms with E-state index in [1.165, 1.54) is 41.9 Å². The molecule has 2 heterocycles. The van der Waals surface area contributed by atoms with Crippen LogP contribution in [0.4, 0.5) is 4.79 Å². The Hall–Kier alpha value is -2.08. The molecule has 6 heteroatoms. The Kier molecular flexibility index (Phi) is 6.37. The molecule has 6 nitrogen and oxygen atoms in total. The molecule has 1 atom stereocenters. The summed E-state index contributed by atoms with van der Waals surface area (Å²) >= 11 is 0. The van der Waals surface area contributed by atoms with Gasteiger partial charge in [0.15, 0.2) is 6.67 Å². The minimum atomic E-state index is -0.820. The molecule has 1 aromatic rings. The van der Waals surface area contributed by atoms with E-state index in [1.807, 2.05) is 31.2 Å². The molecule has 2 fully saturated rings. The van der Waals surface area contributed by atoms with Crippen LogP contribution in [-0.2, 0) is 11.2 Å². The first-order valence-electron chi connectivity index (χ1n) is 10.1. The predicted octanol–water partition coefficient (Wildman–Crippen LogP) is 1.74. The van der Waals surface area contributed by atoms with Crippen molar-refractivity contribution in [3.63, 3.8) is 0 Å². The molecule has 2 N–H and O–H groups in total. The van der Waals surface area contributed by atoms with Crippen molar-refractivity contribution in [2.45, 2.75) is 57.4 Å². The zero-order chi connectivity index (χ0) is 19.3. The van der Waals surface area contributed by atoms with Gasteiger partial charge in [0.25, 0.3) is 5.91 Å². The number of nitrogens with one attached hydrogen (secondary N) is 2. The molecule has 2 aliphatic heterocycles. The van der Waals surface area contributed by atoms with Crippen LogP contribution in [0.1, 0.15) is 51.0 Å². The van der Waals surface area contributed by atoms with E-state index in [1.54, 1.807) is 7.11 Å². The standard InChI is InChI=1S/C21H31N3O3/c1-21(13-12-17-8-10-18(27-2)11-9-17)19(25)24(20(26)22-21)16-23-14-6-4-3-5-7-15-23/h8-11H,3-7,12-16H2,1-2H3,(H,22,26)/p+1/t21-/m1/s1. The van der Waals surface area contributed by atoms with Crippen LogP contribution in [0.3, 0.4) is 0 Å². The number of hydrogen-bond acceptors (Lipinski definition) is 3. The maximum absolute atomic E-state index is 13.0. The first-order chi connectivity index (χ1) is 13.0. The van der Waals surface area contributed by atoms with Crippen molar-refractivity contribution in [1.29, 1.82) is 0 Å². The highest BCUT2D eigenvalue weighted by molar-refractivity contribution is 6.06. The van der Waals surface area contributed by atoms with Crippen molar-refractivity contribution in [2.24, 2.45) is 0 Å². The summed E-state index contributed by atoms with van der Waals surface area (Å²) in [6, 6.07) is 7.61. The van der Waals surface area contributed by atoms with E-state index in [-0.39, 0.29) is 11.9 Å². The summed E-state index contributed by atoms with van der Waals surface area (Å²) in [6.07, 6.45) is 7.49. The summed E-state index contributed by atoms with van der Waals surface area (Å²) in [4.78, 5) is 28.3. The summed E-state index contributed by atoms with van der Waals surface area (Å²) in [5, 5.41) is 2.94. The van der Waals surface area contributed by atoms with Gasteiger partial charge in [-0.1, -0.05) is 18.6 Å². The van der Waals surface area contributed by atoms with Crippen LogP contribution in [-0.4, -0.2) is 49.2 Å². The van der Waals surface area contributed by atoms with E-state index in [2.05, 4.69) is 5.32 Å². The number of amides is 3. The van der Waals surface area contributed by atoms with E-state index in [0.29, 0.717) is 13.1 Å². The maximum Gasteiger partial charge on any atom is 0.329 e. The van der Waals surface area contributed by atoms with E-state index in [4.69, 9.17) is 4.74 Å². The number of nitrogens with zero attached hydrogens (tertiary/aromatic N) is 1. The van der Waals surface area contributed by atoms with Gasteiger partial charge in [0, 0.05) is 0 Å². The Bertz CT molecular complexity index is 653. The number of urea groups is 1. The lowest BCUT2D eigenvalue weighted by molar-refractivity contribution is -0.908. The summed E-state index contributed by atoms with van der Waals surface area (Å²) in [6.45, 7) is 4.42. The molecule has 27 heavy (non-hydrogen) atoms. The van der Waals surface area contributed by atoms with Crippen LogP contribution in [0, 0.1) is 0 Å². The van der Waals surface area contributed by atoms with Crippen molar-refractivity contribution in [2.75, 3.05) is 26.9 Å². The molecule has 0 spiro atoms. The fraction of sp³-hybridized carbons (Fsp3) is 0.619. The van der Waals surface area contributed by atoms with Gasteiger partial charge in [0.1, 0.15) is 11.3 Å². The van der Waals surface area contributed by atoms with E-state index in [0.717, 1.165) is 30.8 Å². The second-order valence-corrected chi connectivity index (χ2v) is 8.02. The summed E-state index contributed by atoms with van der Waals surface area (Å²) in [7, 11) is 1.64. The highest BCUT2D eigenvalue weighted by Gasteiger charge is 2.48. The minimum Gasteiger partial charge on any atom is -0.497 e. The summed E-state index contributed by atoms with van der Waals surface area (Å²) in [5.74, 6) is 0.730. The number of methoxy groups -OCH3 is 1. The van der Waals surface area contributed by atoms with E-state index in [9.17, 15) is 9.59 Å². The fourth-order valence-corrected chi connectivity index (χ4v) is 4.03. The summed E-state index contributed by atoms with van der Waals surface area (Å²) in [5.41, 5.74) is 0.311. The average molecular weight is 375 g/mol. The Morgan fingerprint density at radius 1 is 1.07 bits per heavy atom. The van der Waals surface area contributed by atoms with Crippen LogP contribution >= 0.6 is 0 Å². The molecule has 148 valence electrons. The lowest BCUT2D eigenvalue weighted by Crippen LogP contribution is -3.13. The number of likely N-dealkylation sites (tertiary alicyclic amines) is 1. The second kappa shape index (κ2) is 8.74. The van der Waals surface area contributed by atoms with E-state index >= 15 is 0 Å². The highest BCUT2D eigenvalue weighted by Crippen LogP contribution is 2.23. The first kappa shape index (κ1) is 19.7. The molecular formula is C21H32N3O3+. The van der Waals surface area contributed by atoms with Gasteiger partial charge in [0.2, 0.25) is 0 Å². The number of rotatable bonds is 6. The largest absolute Gasteiger partial charge is 0.497 e. The number of hydrogen-bond donors (Lipinski definition) is 2. The number of ether oxygens (including phenoxy) is 1. The van der Waals surface area contributed by atoms with Gasteiger partial charge >= 0.3 is 6.03 Å². The summed E-state index contributed by atoms with van der Waals surface area (Å²) < 4.78 is 5.18. The van der Waals surface area contributed by atoms with Crippen LogP contribution in [0.5, 0.6) is 5.75 Å². The third-order valence-electron chi connectivity index (χ3n) is 5.86. The van der Waals surface area contributed by atoms with Gasteiger partial charge in [-0.3, -0.25) is 4.79 Å². The Morgan fingerprint density at radius 2 is 1.70 bits per heavy atom. The molecular weight excluding hydrogens is 342 g/mol. The molecule has 1 aromatic carbocycles. The van der Waals surface area contributed by atoms with Crippen molar-refractivity contribution < 1.29 is 19.2 Å². The lowest BCUT2D eigenvalue weighted by atomic mass is 9.93. The fourth-order valence-electron chi connectivity index (χ4n) is 4.03. The number of carbonyl (C=O) groups excluding carboxylic acids is 2. The SMILES string of the molecule is COc1ccc(CC[C@@]2(C)NC(=O)N(C[NH+]3CCCCCCC3)C2=O)cc1. The molecule has 0 radical (unpaired) electrons. The quantitative estimate of drug-likeness (QED) is 0.746. The Labute approximate surface area is 161 Å². The van der Waals surface area contributed by atoms with Crippen molar-refractivity contribution in [1.82, 2.24) is 10.2 Å². The molecule has 3 amide bonds. The van der Waals surface area contributed by atoms with Gasteiger partial charge < -0.3 is 15.0 Å². The first-order valence-corrected chi connectivity index (χ1v) is 10.1. The minimum absolute atomic E-state index is 0.0874. The maximum atomic E-state index is 13.0. The molecule has 0 aromatic heterocycles. The second-order valence-electron chi connectivity index (χ2n) is 8.02. The van der Waals surface area contributed by atoms with Crippen LogP contribution in [0.15, 0.2) is 24.3 Å². The lowest BCUT2D eigenvalue weighted by Gasteiger charge is -2.26. The van der Waals surface area contributed by atoms with Gasteiger partial charge in [-0.15, -0.1) is 0 Å². The van der Waals surface area contributed by atoms with Gasteiger partial charge in [-0.25, -0.2) is 9.69 Å². The third kappa shape index (κ3) is 4.80. The number of aryl methyl sites for hydroxylation is 1. The smallest absolute Gasteiger partial charge is 0.329 e. The van der Waals surface area contributed by atoms with Crippen molar-refractivity contribution in [3.8, 4) is 5.75 Å². The average Bonchev–Trinajstić information content (AvgIpc) is 2.85. The molecule has 2 aliphatic rings. The van der Waals surface area contributed by atoms with Gasteiger partial charge in [-0.2, -0.15) is 0 Å². The molecule has 3 rings (SSSR count). The molecule has 2 saturated heterocycles. The third-order valence-corrected chi connectivity index (χ3v) is 5.86. The number of benzene rings is 1.